The molecule has 0 radical (unpaired) electrons. The molecule has 0 spiro atoms. The highest BCUT2D eigenvalue weighted by molar-refractivity contribution is 5.93. The second-order valence-corrected chi connectivity index (χ2v) is 3.76. The average Bonchev–Trinajstić information content (AvgIpc) is 2.79. The molecule has 0 aliphatic rings. The maximum atomic E-state index is 11.3. The lowest BCUT2D eigenvalue weighted by Crippen LogP contribution is -2.00. The lowest BCUT2D eigenvalue weighted by atomic mass is 10.2. The molecule has 3 heterocycles. The summed E-state index contributed by atoms with van der Waals surface area (Å²) in [6, 6.07) is 10.8. The fourth-order valence-electron chi connectivity index (χ4n) is 1.89. The van der Waals surface area contributed by atoms with Crippen LogP contribution in [-0.2, 0) is 0 Å². The van der Waals surface area contributed by atoms with Crippen LogP contribution in [0.25, 0.3) is 17.0 Å². The fourth-order valence-corrected chi connectivity index (χ4v) is 1.89. The lowest BCUT2D eigenvalue weighted by Gasteiger charge is -2.01. The smallest absolute Gasteiger partial charge is 0.356 e. The van der Waals surface area contributed by atoms with E-state index in [9.17, 15) is 9.90 Å². The van der Waals surface area contributed by atoms with Crippen LogP contribution in [0.2, 0.25) is 0 Å². The number of carboxylic acids is 1. The summed E-state index contributed by atoms with van der Waals surface area (Å²) in [5.74, 6) is -1.06. The Kier molecular flexibility index (Phi) is 2.30. The van der Waals surface area contributed by atoms with Crippen LogP contribution in [0.15, 0.2) is 48.8 Å². The second kappa shape index (κ2) is 3.96. The molecule has 1 N–H and O–H groups in total. The zero-order valence-electron chi connectivity index (χ0n) is 9.32. The van der Waals surface area contributed by atoms with E-state index in [0.29, 0.717) is 17.0 Å². The first-order valence-corrected chi connectivity index (χ1v) is 5.39. The van der Waals surface area contributed by atoms with Crippen molar-refractivity contribution in [3.05, 3.63) is 54.5 Å². The minimum atomic E-state index is -1.06. The molecule has 5 heteroatoms. The molecule has 0 amide bonds. The zero-order chi connectivity index (χ0) is 12.5. The Morgan fingerprint density at radius 1 is 1.17 bits per heavy atom. The van der Waals surface area contributed by atoms with Crippen LogP contribution >= 0.6 is 0 Å². The SMILES string of the molecule is O=C(O)c1nc2ccccn2c1-c1ccccn1. The number of hydrogen-bond acceptors (Lipinski definition) is 3. The van der Waals surface area contributed by atoms with Crippen LogP contribution in [0.1, 0.15) is 10.5 Å². The first-order valence-electron chi connectivity index (χ1n) is 5.39. The molecule has 0 aliphatic carbocycles. The Labute approximate surface area is 102 Å². The van der Waals surface area contributed by atoms with E-state index in [0.717, 1.165) is 0 Å². The van der Waals surface area contributed by atoms with E-state index in [-0.39, 0.29) is 5.69 Å². The number of pyridine rings is 2. The fraction of sp³-hybridized carbons (Fsp3) is 0. The van der Waals surface area contributed by atoms with E-state index in [2.05, 4.69) is 9.97 Å². The summed E-state index contributed by atoms with van der Waals surface area (Å²) < 4.78 is 1.73. The van der Waals surface area contributed by atoms with Crippen molar-refractivity contribution in [2.24, 2.45) is 0 Å². The van der Waals surface area contributed by atoms with Gasteiger partial charge in [0.2, 0.25) is 0 Å². The van der Waals surface area contributed by atoms with Crippen molar-refractivity contribution in [2.75, 3.05) is 0 Å². The third-order valence-electron chi connectivity index (χ3n) is 2.64. The molecule has 3 rings (SSSR count). The minimum absolute atomic E-state index is 0.0138. The van der Waals surface area contributed by atoms with Gasteiger partial charge in [0.15, 0.2) is 5.69 Å². The summed E-state index contributed by atoms with van der Waals surface area (Å²) in [5, 5.41) is 9.22. The van der Waals surface area contributed by atoms with Crippen molar-refractivity contribution in [1.29, 1.82) is 0 Å². The molecule has 3 aromatic heterocycles. The summed E-state index contributed by atoms with van der Waals surface area (Å²) in [6.07, 6.45) is 3.40. The Morgan fingerprint density at radius 3 is 2.72 bits per heavy atom. The average molecular weight is 239 g/mol. The van der Waals surface area contributed by atoms with Crippen molar-refractivity contribution in [1.82, 2.24) is 14.4 Å². The molecule has 3 aromatic rings. The molecule has 0 bridgehead atoms. The normalized spacial score (nSPS) is 10.7. The molecule has 0 atom stereocenters. The van der Waals surface area contributed by atoms with E-state index in [1.807, 2.05) is 18.2 Å². The van der Waals surface area contributed by atoms with Gasteiger partial charge in [-0.2, -0.15) is 0 Å². The number of aromatic nitrogens is 3. The lowest BCUT2D eigenvalue weighted by molar-refractivity contribution is 0.0692. The van der Waals surface area contributed by atoms with Gasteiger partial charge < -0.3 is 5.11 Å². The van der Waals surface area contributed by atoms with Gasteiger partial charge in [-0.1, -0.05) is 12.1 Å². The quantitative estimate of drug-likeness (QED) is 0.743. The Balaban J connectivity index is 2.38. The molecule has 0 aromatic carbocycles. The maximum absolute atomic E-state index is 11.3. The van der Waals surface area contributed by atoms with Crippen molar-refractivity contribution >= 4 is 11.6 Å². The van der Waals surface area contributed by atoms with E-state index in [1.165, 1.54) is 0 Å². The Bertz CT molecular complexity index is 719. The van der Waals surface area contributed by atoms with Crippen LogP contribution in [0.4, 0.5) is 0 Å². The standard InChI is InChI=1S/C13H9N3O2/c17-13(18)11-12(9-5-1-3-7-14-9)16-8-4-2-6-10(16)15-11/h1-8H,(H,17,18). The summed E-state index contributed by atoms with van der Waals surface area (Å²) >= 11 is 0. The van der Waals surface area contributed by atoms with Crippen molar-refractivity contribution < 1.29 is 9.90 Å². The van der Waals surface area contributed by atoms with E-state index in [4.69, 9.17) is 0 Å². The molecule has 0 fully saturated rings. The Morgan fingerprint density at radius 2 is 2.00 bits per heavy atom. The minimum Gasteiger partial charge on any atom is -0.476 e. The molecular weight excluding hydrogens is 230 g/mol. The van der Waals surface area contributed by atoms with Crippen LogP contribution in [-0.4, -0.2) is 25.4 Å². The summed E-state index contributed by atoms with van der Waals surface area (Å²) in [6.45, 7) is 0. The van der Waals surface area contributed by atoms with Gasteiger partial charge in [-0.15, -0.1) is 0 Å². The van der Waals surface area contributed by atoms with Crippen LogP contribution in [0.3, 0.4) is 0 Å². The summed E-state index contributed by atoms with van der Waals surface area (Å²) in [7, 11) is 0. The van der Waals surface area contributed by atoms with Crippen molar-refractivity contribution in [2.45, 2.75) is 0 Å². The van der Waals surface area contributed by atoms with E-state index in [1.54, 1.807) is 35.0 Å². The monoisotopic (exact) mass is 239 g/mol. The van der Waals surface area contributed by atoms with Crippen molar-refractivity contribution in [3.63, 3.8) is 0 Å². The van der Waals surface area contributed by atoms with Gasteiger partial charge >= 0.3 is 5.97 Å². The molecule has 0 aliphatic heterocycles. The highest BCUT2D eigenvalue weighted by atomic mass is 16.4. The molecule has 18 heavy (non-hydrogen) atoms. The van der Waals surface area contributed by atoms with Crippen molar-refractivity contribution in [3.8, 4) is 11.4 Å². The van der Waals surface area contributed by atoms with Crippen LogP contribution < -0.4 is 0 Å². The zero-order valence-corrected chi connectivity index (χ0v) is 9.32. The highest BCUT2D eigenvalue weighted by Gasteiger charge is 2.19. The van der Waals surface area contributed by atoms with Gasteiger partial charge in [0.05, 0.1) is 5.69 Å². The number of carbonyl (C=O) groups is 1. The first-order chi connectivity index (χ1) is 8.77. The Hall–Kier alpha value is -2.69. The van der Waals surface area contributed by atoms with Gasteiger partial charge in [0, 0.05) is 12.4 Å². The number of rotatable bonds is 2. The topological polar surface area (TPSA) is 67.5 Å². The van der Waals surface area contributed by atoms with Gasteiger partial charge in [0.1, 0.15) is 11.3 Å². The highest BCUT2D eigenvalue weighted by Crippen LogP contribution is 2.23. The number of carboxylic acid groups (broad SMARTS) is 1. The third kappa shape index (κ3) is 1.53. The van der Waals surface area contributed by atoms with Gasteiger partial charge in [0.25, 0.3) is 0 Å². The summed E-state index contributed by atoms with van der Waals surface area (Å²) in [4.78, 5) is 19.6. The number of aromatic carboxylic acids is 1. The third-order valence-corrected chi connectivity index (χ3v) is 2.64. The predicted octanol–water partition coefficient (Wildman–Crippen LogP) is 2.09. The second-order valence-electron chi connectivity index (χ2n) is 3.76. The van der Waals surface area contributed by atoms with Crippen LogP contribution in [0.5, 0.6) is 0 Å². The van der Waals surface area contributed by atoms with Gasteiger partial charge in [-0.25, -0.2) is 9.78 Å². The predicted molar refractivity (Wildman–Crippen MR) is 65.4 cm³/mol. The molecular formula is C13H9N3O2. The molecule has 0 saturated carbocycles. The van der Waals surface area contributed by atoms with E-state index < -0.39 is 5.97 Å². The van der Waals surface area contributed by atoms with Gasteiger partial charge in [-0.05, 0) is 24.3 Å². The molecule has 88 valence electrons. The number of fused-ring (bicyclic) bond motifs is 1. The maximum Gasteiger partial charge on any atom is 0.356 e. The number of nitrogens with zero attached hydrogens (tertiary/aromatic N) is 3. The largest absolute Gasteiger partial charge is 0.476 e. The molecule has 5 nitrogen and oxygen atoms in total. The summed E-state index contributed by atoms with van der Waals surface area (Å²) in [5.41, 5.74) is 1.70. The molecule has 0 unspecified atom stereocenters. The molecule has 0 saturated heterocycles. The number of hydrogen-bond donors (Lipinski definition) is 1. The first kappa shape index (κ1) is 10.5. The van der Waals surface area contributed by atoms with Crippen LogP contribution in [0, 0.1) is 0 Å². The van der Waals surface area contributed by atoms with Gasteiger partial charge in [-0.3, -0.25) is 9.38 Å². The number of imidazole rings is 1. The van der Waals surface area contributed by atoms with E-state index >= 15 is 0 Å².